The number of hydrogen-bond acceptors (Lipinski definition) is 4. The number of hydrogen-bond donors (Lipinski definition) is 1. The van der Waals surface area contributed by atoms with Crippen LogP contribution in [-0.4, -0.2) is 26.0 Å². The van der Waals surface area contributed by atoms with E-state index in [1.165, 1.54) is 24.3 Å². The van der Waals surface area contributed by atoms with Crippen LogP contribution in [0.15, 0.2) is 42.5 Å². The molecule has 0 bridgehead atoms. The Kier molecular flexibility index (Phi) is 4.58. The number of aryl methyl sites for hydroxylation is 2. The molecule has 1 N–H and O–H groups in total. The van der Waals surface area contributed by atoms with E-state index >= 15 is 0 Å². The molecule has 3 rings (SSSR count). The van der Waals surface area contributed by atoms with Gasteiger partial charge in [0.05, 0.1) is 17.4 Å². The third-order valence-electron chi connectivity index (χ3n) is 4.35. The van der Waals surface area contributed by atoms with Gasteiger partial charge < -0.3 is 5.32 Å². The Bertz CT molecular complexity index is 981. The molecule has 1 fully saturated rings. The van der Waals surface area contributed by atoms with Crippen molar-refractivity contribution in [3.05, 3.63) is 59.2 Å². The average Bonchev–Trinajstić information content (AvgIpc) is 2.77. The Hall–Kier alpha value is -2.67. The highest BCUT2D eigenvalue weighted by Gasteiger charge is 2.41. The van der Waals surface area contributed by atoms with Crippen LogP contribution >= 0.6 is 0 Å². The van der Waals surface area contributed by atoms with Gasteiger partial charge in [0.25, 0.3) is 5.91 Å². The second-order valence-corrected chi connectivity index (χ2v) is 8.46. The zero-order valence-corrected chi connectivity index (χ0v) is 15.6. The Morgan fingerprint density at radius 1 is 1.12 bits per heavy atom. The molecule has 2 aromatic rings. The van der Waals surface area contributed by atoms with Gasteiger partial charge in [-0.1, -0.05) is 24.6 Å². The van der Waals surface area contributed by atoms with Gasteiger partial charge in [-0.25, -0.2) is 12.7 Å². The predicted octanol–water partition coefficient (Wildman–Crippen LogP) is 2.87. The molecule has 0 saturated carbocycles. The first-order chi connectivity index (χ1) is 12.2. The van der Waals surface area contributed by atoms with Gasteiger partial charge in [0, 0.05) is 11.3 Å². The van der Waals surface area contributed by atoms with E-state index in [0.717, 1.165) is 21.1 Å². The van der Waals surface area contributed by atoms with Crippen LogP contribution in [0.4, 0.5) is 11.4 Å². The first-order valence-electron chi connectivity index (χ1n) is 8.24. The van der Waals surface area contributed by atoms with Gasteiger partial charge in [-0.05, 0) is 49.7 Å². The van der Waals surface area contributed by atoms with Crippen LogP contribution in [0.1, 0.15) is 28.4 Å². The summed E-state index contributed by atoms with van der Waals surface area (Å²) >= 11 is 0. The molecule has 1 aliphatic rings. The standard InChI is InChI=1S/C19H20N2O4S/c1-12-4-9-17(13(2)10-12)20-18(22)15-5-7-16(8-6-15)21-19(23)14(3)11-26(21,24)25/h4-10,14H,11H2,1-3H3,(H,20,22)/t14-/m1/s1. The molecular formula is C19H20N2O4S. The van der Waals surface area contributed by atoms with Gasteiger partial charge in [-0.2, -0.15) is 0 Å². The van der Waals surface area contributed by atoms with Crippen molar-refractivity contribution in [3.8, 4) is 0 Å². The van der Waals surface area contributed by atoms with Gasteiger partial charge in [0.1, 0.15) is 0 Å². The van der Waals surface area contributed by atoms with E-state index in [1.807, 2.05) is 32.0 Å². The predicted molar refractivity (Wildman–Crippen MR) is 101 cm³/mol. The lowest BCUT2D eigenvalue weighted by Gasteiger charge is -2.15. The third-order valence-corrected chi connectivity index (χ3v) is 6.22. The highest BCUT2D eigenvalue weighted by Crippen LogP contribution is 2.28. The second-order valence-electron chi connectivity index (χ2n) is 6.60. The maximum absolute atomic E-state index is 12.4. The van der Waals surface area contributed by atoms with Crippen molar-refractivity contribution in [3.63, 3.8) is 0 Å². The maximum Gasteiger partial charge on any atom is 0.255 e. The molecule has 0 aliphatic carbocycles. The van der Waals surface area contributed by atoms with E-state index < -0.39 is 21.8 Å². The minimum Gasteiger partial charge on any atom is -0.322 e. The largest absolute Gasteiger partial charge is 0.322 e. The Balaban J connectivity index is 1.81. The number of sulfonamides is 1. The molecule has 2 amide bonds. The molecule has 1 saturated heterocycles. The summed E-state index contributed by atoms with van der Waals surface area (Å²) in [5.74, 6) is -1.50. The highest BCUT2D eigenvalue weighted by atomic mass is 32.2. The Morgan fingerprint density at radius 3 is 2.31 bits per heavy atom. The van der Waals surface area contributed by atoms with E-state index in [4.69, 9.17) is 0 Å². The first-order valence-corrected chi connectivity index (χ1v) is 9.85. The molecule has 0 aromatic heterocycles. The first kappa shape index (κ1) is 18.1. The minimum absolute atomic E-state index is 0.194. The lowest BCUT2D eigenvalue weighted by atomic mass is 10.1. The molecule has 0 radical (unpaired) electrons. The van der Waals surface area contributed by atoms with E-state index in [0.29, 0.717) is 5.56 Å². The summed E-state index contributed by atoms with van der Waals surface area (Å²) in [6.45, 7) is 5.48. The van der Waals surface area contributed by atoms with Crippen molar-refractivity contribution in [2.45, 2.75) is 20.8 Å². The molecule has 1 atom stereocenters. The van der Waals surface area contributed by atoms with Crippen LogP contribution in [0.25, 0.3) is 0 Å². The maximum atomic E-state index is 12.4. The van der Waals surface area contributed by atoms with Crippen molar-refractivity contribution in [1.82, 2.24) is 0 Å². The van der Waals surface area contributed by atoms with Crippen molar-refractivity contribution >= 4 is 33.2 Å². The zero-order chi connectivity index (χ0) is 19.1. The van der Waals surface area contributed by atoms with Crippen LogP contribution in [0, 0.1) is 19.8 Å². The Morgan fingerprint density at radius 2 is 1.77 bits per heavy atom. The monoisotopic (exact) mass is 372 g/mol. The van der Waals surface area contributed by atoms with Crippen LogP contribution < -0.4 is 9.62 Å². The normalized spacial score (nSPS) is 18.8. The fourth-order valence-electron chi connectivity index (χ4n) is 2.98. The molecule has 26 heavy (non-hydrogen) atoms. The lowest BCUT2D eigenvalue weighted by molar-refractivity contribution is -0.119. The van der Waals surface area contributed by atoms with E-state index in [1.54, 1.807) is 6.92 Å². The van der Waals surface area contributed by atoms with Crippen LogP contribution in [0.2, 0.25) is 0 Å². The molecular weight excluding hydrogens is 352 g/mol. The molecule has 6 nitrogen and oxygen atoms in total. The summed E-state index contributed by atoms with van der Waals surface area (Å²) in [6.07, 6.45) is 0. The summed E-state index contributed by atoms with van der Waals surface area (Å²) in [6, 6.07) is 11.7. The van der Waals surface area contributed by atoms with Gasteiger partial charge in [-0.3, -0.25) is 9.59 Å². The van der Waals surface area contributed by atoms with Crippen molar-refractivity contribution < 1.29 is 18.0 Å². The molecule has 7 heteroatoms. The number of amides is 2. The highest BCUT2D eigenvalue weighted by molar-refractivity contribution is 7.94. The summed E-state index contributed by atoms with van der Waals surface area (Å²) in [4.78, 5) is 24.5. The second kappa shape index (κ2) is 6.57. The number of carbonyl (C=O) groups excluding carboxylic acids is 2. The molecule has 0 spiro atoms. The van der Waals surface area contributed by atoms with Gasteiger partial charge >= 0.3 is 0 Å². The van der Waals surface area contributed by atoms with Gasteiger partial charge in [0.15, 0.2) is 0 Å². The summed E-state index contributed by atoms with van der Waals surface area (Å²) in [7, 11) is -3.65. The van der Waals surface area contributed by atoms with E-state index in [9.17, 15) is 18.0 Å². The van der Waals surface area contributed by atoms with Crippen LogP contribution in [-0.2, 0) is 14.8 Å². The molecule has 136 valence electrons. The van der Waals surface area contributed by atoms with Crippen LogP contribution in [0.3, 0.4) is 0 Å². The summed E-state index contributed by atoms with van der Waals surface area (Å²) < 4.78 is 25.1. The smallest absolute Gasteiger partial charge is 0.255 e. The fraction of sp³-hybridized carbons (Fsp3) is 0.263. The van der Waals surface area contributed by atoms with Crippen LogP contribution in [0.5, 0.6) is 0 Å². The fourth-order valence-corrected chi connectivity index (χ4v) is 4.80. The topological polar surface area (TPSA) is 83.6 Å². The van der Waals surface area contributed by atoms with E-state index in [-0.39, 0.29) is 17.3 Å². The van der Waals surface area contributed by atoms with Crippen molar-refractivity contribution in [1.29, 1.82) is 0 Å². The number of rotatable bonds is 3. The third kappa shape index (κ3) is 3.35. The van der Waals surface area contributed by atoms with E-state index in [2.05, 4.69) is 5.32 Å². The number of anilines is 2. The summed E-state index contributed by atoms with van der Waals surface area (Å²) in [5, 5.41) is 2.84. The minimum atomic E-state index is -3.65. The Labute approximate surface area is 152 Å². The molecule has 1 aliphatic heterocycles. The number of benzene rings is 2. The average molecular weight is 372 g/mol. The van der Waals surface area contributed by atoms with Gasteiger partial charge in [0.2, 0.25) is 15.9 Å². The van der Waals surface area contributed by atoms with Crippen molar-refractivity contribution in [2.24, 2.45) is 5.92 Å². The van der Waals surface area contributed by atoms with Crippen molar-refractivity contribution in [2.75, 3.05) is 15.4 Å². The summed E-state index contributed by atoms with van der Waals surface area (Å²) in [5.41, 5.74) is 3.41. The SMILES string of the molecule is Cc1ccc(NC(=O)c2ccc(N3C(=O)[C@H](C)CS3(=O)=O)cc2)c(C)c1. The van der Waals surface area contributed by atoms with Gasteiger partial charge in [-0.15, -0.1) is 0 Å². The number of nitrogens with zero attached hydrogens (tertiary/aromatic N) is 1. The molecule has 2 aromatic carbocycles. The zero-order valence-electron chi connectivity index (χ0n) is 14.8. The molecule has 0 unspecified atom stereocenters. The number of nitrogens with one attached hydrogen (secondary N) is 1. The molecule has 1 heterocycles. The number of carbonyl (C=O) groups is 2. The lowest BCUT2D eigenvalue weighted by Crippen LogP contribution is -2.30. The quantitative estimate of drug-likeness (QED) is 0.898.